The maximum atomic E-state index is 3.72. The lowest BCUT2D eigenvalue weighted by Crippen LogP contribution is -1.70. The van der Waals surface area contributed by atoms with Crippen LogP contribution in [0.1, 0.15) is 71.1 Å². The molecule has 0 N–H and O–H groups in total. The quantitative estimate of drug-likeness (QED) is 0.232. The molecular formula is C21H34. The Morgan fingerprint density at radius 2 is 0.762 bits per heavy atom. The molecule has 0 heteroatoms. The zero-order valence-electron chi connectivity index (χ0n) is 14.0. The second-order valence-corrected chi connectivity index (χ2v) is 5.27. The fourth-order valence-corrected chi connectivity index (χ4v) is 1.90. The van der Waals surface area contributed by atoms with Crippen molar-refractivity contribution in [3.8, 4) is 0 Å². The van der Waals surface area contributed by atoms with Gasteiger partial charge in [-0.15, -0.1) is 6.58 Å². The number of rotatable bonds is 14. The van der Waals surface area contributed by atoms with Gasteiger partial charge in [-0.3, -0.25) is 0 Å². The molecule has 0 aromatic heterocycles. The van der Waals surface area contributed by atoms with Gasteiger partial charge in [-0.1, -0.05) is 68.0 Å². The smallest absolute Gasteiger partial charge is 0.0316 e. The van der Waals surface area contributed by atoms with Gasteiger partial charge in [0.25, 0.3) is 0 Å². The van der Waals surface area contributed by atoms with E-state index >= 15 is 0 Å². The normalized spacial score (nSPS) is 12.4. The molecular weight excluding hydrogens is 252 g/mol. The third-order valence-corrected chi connectivity index (χ3v) is 3.16. The van der Waals surface area contributed by atoms with E-state index in [-0.39, 0.29) is 0 Å². The molecule has 0 heterocycles. The molecule has 21 heavy (non-hydrogen) atoms. The summed E-state index contributed by atoms with van der Waals surface area (Å²) in [4.78, 5) is 0. The standard InChI is InChI=1S/C21H34/c1-3-5-7-9-11-13-15-17-19-21-20-18-16-14-12-10-8-6-4-2/h3,8-11,16-19H,1,4-7,12-15,20-21H2,2H3/b10-8+,11-9+,18-16+,19-17+. The van der Waals surface area contributed by atoms with Crippen LogP contribution in [0.3, 0.4) is 0 Å². The lowest BCUT2D eigenvalue weighted by molar-refractivity contribution is 0.940. The van der Waals surface area contributed by atoms with E-state index in [9.17, 15) is 0 Å². The summed E-state index contributed by atoms with van der Waals surface area (Å²) in [6.45, 7) is 5.94. The van der Waals surface area contributed by atoms with E-state index in [0.29, 0.717) is 0 Å². The van der Waals surface area contributed by atoms with E-state index in [1.165, 1.54) is 38.5 Å². The van der Waals surface area contributed by atoms with Crippen LogP contribution in [-0.4, -0.2) is 0 Å². The highest BCUT2D eigenvalue weighted by molar-refractivity contribution is 4.92. The van der Waals surface area contributed by atoms with E-state index in [1.54, 1.807) is 0 Å². The Labute approximate surface area is 133 Å². The van der Waals surface area contributed by atoms with E-state index in [1.807, 2.05) is 6.08 Å². The van der Waals surface area contributed by atoms with E-state index < -0.39 is 0 Å². The molecule has 0 rings (SSSR count). The predicted molar refractivity (Wildman–Crippen MR) is 98.6 cm³/mol. The Balaban J connectivity index is 3.31. The van der Waals surface area contributed by atoms with Gasteiger partial charge in [0.1, 0.15) is 0 Å². The van der Waals surface area contributed by atoms with Crippen LogP contribution in [0, 0.1) is 0 Å². The largest absolute Gasteiger partial charge is 0.103 e. The third-order valence-electron chi connectivity index (χ3n) is 3.16. The molecule has 0 radical (unpaired) electrons. The molecule has 0 saturated heterocycles. The van der Waals surface area contributed by atoms with Crippen LogP contribution in [0.4, 0.5) is 0 Å². The molecule has 0 bridgehead atoms. The minimum Gasteiger partial charge on any atom is -0.103 e. The molecule has 0 aromatic rings. The SMILES string of the molecule is C=CCC/C=C/CC/C=C/CC/C=C/CC/C=C/CCC. The predicted octanol–water partition coefficient (Wildman–Crippen LogP) is 7.32. The van der Waals surface area contributed by atoms with Gasteiger partial charge in [-0.05, 0) is 57.8 Å². The van der Waals surface area contributed by atoms with Crippen molar-refractivity contribution in [3.63, 3.8) is 0 Å². The van der Waals surface area contributed by atoms with Gasteiger partial charge in [0.15, 0.2) is 0 Å². The van der Waals surface area contributed by atoms with Crippen LogP contribution in [0.2, 0.25) is 0 Å². The van der Waals surface area contributed by atoms with Crippen LogP contribution < -0.4 is 0 Å². The molecule has 0 nitrogen and oxygen atoms in total. The summed E-state index contributed by atoms with van der Waals surface area (Å²) in [6.07, 6.45) is 32.1. The average molecular weight is 287 g/mol. The van der Waals surface area contributed by atoms with Crippen LogP contribution in [-0.2, 0) is 0 Å². The summed E-state index contributed by atoms with van der Waals surface area (Å²) >= 11 is 0. The van der Waals surface area contributed by atoms with Crippen molar-refractivity contribution in [2.75, 3.05) is 0 Å². The van der Waals surface area contributed by atoms with Gasteiger partial charge in [0.05, 0.1) is 0 Å². The van der Waals surface area contributed by atoms with Gasteiger partial charge in [-0.2, -0.15) is 0 Å². The number of hydrogen-bond donors (Lipinski definition) is 0. The fraction of sp³-hybridized carbons (Fsp3) is 0.524. The molecule has 118 valence electrons. The Bertz CT molecular complexity index is 315. The van der Waals surface area contributed by atoms with Crippen molar-refractivity contribution in [3.05, 3.63) is 61.3 Å². The summed E-state index contributed by atoms with van der Waals surface area (Å²) in [5.74, 6) is 0. The number of unbranched alkanes of at least 4 members (excludes halogenated alkanes) is 5. The van der Waals surface area contributed by atoms with Crippen LogP contribution in [0.25, 0.3) is 0 Å². The topological polar surface area (TPSA) is 0 Å². The fourth-order valence-electron chi connectivity index (χ4n) is 1.90. The molecule has 0 atom stereocenters. The van der Waals surface area contributed by atoms with Crippen molar-refractivity contribution < 1.29 is 0 Å². The minimum absolute atomic E-state index is 1.09. The van der Waals surface area contributed by atoms with Crippen LogP contribution in [0.5, 0.6) is 0 Å². The van der Waals surface area contributed by atoms with Crippen LogP contribution >= 0.6 is 0 Å². The van der Waals surface area contributed by atoms with Crippen molar-refractivity contribution >= 4 is 0 Å². The molecule has 0 unspecified atom stereocenters. The highest BCUT2D eigenvalue weighted by Gasteiger charge is 1.81. The highest BCUT2D eigenvalue weighted by Crippen LogP contribution is 2.01. The number of allylic oxidation sites excluding steroid dienone is 9. The first-order valence-corrected chi connectivity index (χ1v) is 8.62. The molecule has 0 aromatic carbocycles. The minimum atomic E-state index is 1.09. The van der Waals surface area contributed by atoms with E-state index in [4.69, 9.17) is 0 Å². The van der Waals surface area contributed by atoms with Crippen molar-refractivity contribution in [2.45, 2.75) is 71.1 Å². The number of hydrogen-bond acceptors (Lipinski definition) is 0. The zero-order chi connectivity index (χ0) is 15.4. The van der Waals surface area contributed by atoms with Crippen molar-refractivity contribution in [1.82, 2.24) is 0 Å². The summed E-state index contributed by atoms with van der Waals surface area (Å²) in [7, 11) is 0. The maximum absolute atomic E-state index is 3.72. The average Bonchev–Trinajstić information content (AvgIpc) is 2.50. The third kappa shape index (κ3) is 18.7. The first-order valence-electron chi connectivity index (χ1n) is 8.62. The zero-order valence-corrected chi connectivity index (χ0v) is 14.0. The molecule has 0 fully saturated rings. The van der Waals surface area contributed by atoms with Crippen molar-refractivity contribution in [2.24, 2.45) is 0 Å². The van der Waals surface area contributed by atoms with Crippen LogP contribution in [0.15, 0.2) is 61.3 Å². The molecule has 0 aliphatic rings. The molecule has 0 spiro atoms. The lowest BCUT2D eigenvalue weighted by atomic mass is 10.2. The molecule has 0 aliphatic carbocycles. The first kappa shape index (κ1) is 19.7. The van der Waals surface area contributed by atoms with E-state index in [2.05, 4.69) is 62.1 Å². The second-order valence-electron chi connectivity index (χ2n) is 5.27. The van der Waals surface area contributed by atoms with Gasteiger partial charge in [-0.25, -0.2) is 0 Å². The summed E-state index contributed by atoms with van der Waals surface area (Å²) in [6, 6.07) is 0. The molecule has 0 saturated carbocycles. The van der Waals surface area contributed by atoms with Gasteiger partial charge in [0.2, 0.25) is 0 Å². The molecule has 0 amide bonds. The Kier molecular flexibility index (Phi) is 17.5. The second kappa shape index (κ2) is 18.7. The van der Waals surface area contributed by atoms with Crippen molar-refractivity contribution in [1.29, 1.82) is 0 Å². The molecule has 0 aliphatic heterocycles. The summed E-state index contributed by atoms with van der Waals surface area (Å²) < 4.78 is 0. The first-order chi connectivity index (χ1) is 10.4. The van der Waals surface area contributed by atoms with E-state index in [0.717, 1.165) is 25.7 Å². The summed E-state index contributed by atoms with van der Waals surface area (Å²) in [5, 5.41) is 0. The lowest BCUT2D eigenvalue weighted by Gasteiger charge is -1.90. The van der Waals surface area contributed by atoms with Gasteiger partial charge in [0, 0.05) is 0 Å². The van der Waals surface area contributed by atoms with Gasteiger partial charge >= 0.3 is 0 Å². The Hall–Kier alpha value is -1.30. The van der Waals surface area contributed by atoms with Gasteiger partial charge < -0.3 is 0 Å². The Morgan fingerprint density at radius 3 is 1.05 bits per heavy atom. The maximum Gasteiger partial charge on any atom is -0.0316 e. The Morgan fingerprint density at radius 1 is 0.476 bits per heavy atom. The highest BCUT2D eigenvalue weighted by atomic mass is 13.9. The monoisotopic (exact) mass is 286 g/mol. The summed E-state index contributed by atoms with van der Waals surface area (Å²) in [5.41, 5.74) is 0.